The maximum atomic E-state index is 12.1. The summed E-state index contributed by atoms with van der Waals surface area (Å²) in [6.45, 7) is 0. The van der Waals surface area contributed by atoms with Crippen LogP contribution >= 0.6 is 11.8 Å². The van der Waals surface area contributed by atoms with E-state index in [2.05, 4.69) is 9.97 Å². The molecule has 3 rings (SSSR count). The summed E-state index contributed by atoms with van der Waals surface area (Å²) in [7, 11) is 0. The van der Waals surface area contributed by atoms with E-state index in [0.717, 1.165) is 16.7 Å². The molecule has 0 radical (unpaired) electrons. The molecule has 0 amide bonds. The zero-order chi connectivity index (χ0) is 19.4. The van der Waals surface area contributed by atoms with Crippen molar-refractivity contribution in [1.82, 2.24) is 9.97 Å². The van der Waals surface area contributed by atoms with Gasteiger partial charge in [-0.2, -0.15) is 5.26 Å². The number of H-pyrrole nitrogens is 1. The van der Waals surface area contributed by atoms with Crippen molar-refractivity contribution in [3.63, 3.8) is 0 Å². The largest absolute Gasteiger partial charge is 0.481 e. The maximum absolute atomic E-state index is 12.1. The number of nitrogens with one attached hydrogen (secondary N) is 1. The first kappa shape index (κ1) is 18.4. The SMILES string of the molecule is CSc1nc(-c2ccc(-c3cccc(CC(=O)O)c3)cc2)c(C#N)c(=O)[nH]1. The van der Waals surface area contributed by atoms with Gasteiger partial charge in [0.05, 0.1) is 12.1 Å². The van der Waals surface area contributed by atoms with Crippen molar-refractivity contribution in [1.29, 1.82) is 5.26 Å². The topological polar surface area (TPSA) is 107 Å². The quantitative estimate of drug-likeness (QED) is 0.522. The van der Waals surface area contributed by atoms with Gasteiger partial charge < -0.3 is 10.1 Å². The average molecular weight is 377 g/mol. The molecule has 134 valence electrons. The van der Waals surface area contributed by atoms with E-state index < -0.39 is 11.5 Å². The minimum absolute atomic E-state index is 0.0241. The van der Waals surface area contributed by atoms with Gasteiger partial charge in [0.1, 0.15) is 11.6 Å². The van der Waals surface area contributed by atoms with Gasteiger partial charge in [0.15, 0.2) is 5.16 Å². The normalized spacial score (nSPS) is 10.4. The Morgan fingerprint density at radius 1 is 1.19 bits per heavy atom. The van der Waals surface area contributed by atoms with E-state index in [0.29, 0.717) is 16.4 Å². The summed E-state index contributed by atoms with van der Waals surface area (Å²) in [4.78, 5) is 29.9. The lowest BCUT2D eigenvalue weighted by atomic mass is 9.99. The Morgan fingerprint density at radius 3 is 2.52 bits per heavy atom. The smallest absolute Gasteiger partial charge is 0.307 e. The van der Waals surface area contributed by atoms with Crippen LogP contribution in [0.5, 0.6) is 0 Å². The summed E-state index contributed by atoms with van der Waals surface area (Å²) in [5.41, 5.74) is 3.04. The van der Waals surface area contributed by atoms with Crippen LogP contribution in [0, 0.1) is 11.3 Å². The Labute approximate surface area is 159 Å². The molecule has 0 spiro atoms. The van der Waals surface area contributed by atoms with Crippen LogP contribution in [0.2, 0.25) is 0 Å². The first-order valence-corrected chi connectivity index (χ1v) is 9.24. The summed E-state index contributed by atoms with van der Waals surface area (Å²) in [6.07, 6.45) is 1.76. The predicted molar refractivity (Wildman–Crippen MR) is 104 cm³/mol. The first-order chi connectivity index (χ1) is 13.0. The highest BCUT2D eigenvalue weighted by Crippen LogP contribution is 2.26. The van der Waals surface area contributed by atoms with Crippen molar-refractivity contribution >= 4 is 17.7 Å². The number of carboxylic acids is 1. The van der Waals surface area contributed by atoms with E-state index in [1.807, 2.05) is 36.4 Å². The molecular formula is C20H15N3O3S. The van der Waals surface area contributed by atoms with Crippen LogP contribution in [0.15, 0.2) is 58.5 Å². The lowest BCUT2D eigenvalue weighted by molar-refractivity contribution is -0.136. The summed E-state index contributed by atoms with van der Waals surface area (Å²) >= 11 is 1.29. The van der Waals surface area contributed by atoms with Crippen LogP contribution in [0.3, 0.4) is 0 Å². The molecule has 0 aliphatic carbocycles. The molecule has 0 atom stereocenters. The van der Waals surface area contributed by atoms with Crippen molar-refractivity contribution < 1.29 is 9.90 Å². The number of hydrogen-bond donors (Lipinski definition) is 2. The lowest BCUT2D eigenvalue weighted by Crippen LogP contribution is -2.14. The molecule has 1 aromatic heterocycles. The van der Waals surface area contributed by atoms with Crippen molar-refractivity contribution in [2.75, 3.05) is 6.26 Å². The molecule has 0 fully saturated rings. The van der Waals surface area contributed by atoms with Gasteiger partial charge >= 0.3 is 5.97 Å². The molecule has 6 nitrogen and oxygen atoms in total. The van der Waals surface area contributed by atoms with E-state index in [-0.39, 0.29) is 12.0 Å². The number of benzene rings is 2. The number of aliphatic carboxylic acids is 1. The van der Waals surface area contributed by atoms with E-state index in [1.54, 1.807) is 24.5 Å². The lowest BCUT2D eigenvalue weighted by Gasteiger charge is -2.08. The fraction of sp³-hybridized carbons (Fsp3) is 0.100. The highest BCUT2D eigenvalue weighted by atomic mass is 32.2. The van der Waals surface area contributed by atoms with Gasteiger partial charge in [0.25, 0.3) is 5.56 Å². The predicted octanol–water partition coefficient (Wildman–Crippen LogP) is 3.32. The van der Waals surface area contributed by atoms with E-state index in [4.69, 9.17) is 5.11 Å². The standard InChI is InChI=1S/C20H15N3O3S/c1-27-20-22-18(16(11-21)19(26)23-20)14-7-5-13(6-8-14)15-4-2-3-12(9-15)10-17(24)25/h2-9H,10H2,1H3,(H,24,25)(H,22,23,26). The van der Waals surface area contributed by atoms with Gasteiger partial charge in [0.2, 0.25) is 0 Å². The number of aromatic nitrogens is 2. The molecule has 2 N–H and O–H groups in total. The maximum Gasteiger partial charge on any atom is 0.307 e. The van der Waals surface area contributed by atoms with Crippen LogP contribution in [0.4, 0.5) is 0 Å². The second-order valence-electron chi connectivity index (χ2n) is 5.76. The number of nitriles is 1. The monoisotopic (exact) mass is 377 g/mol. The molecule has 0 unspecified atom stereocenters. The van der Waals surface area contributed by atoms with E-state index in [1.165, 1.54) is 11.8 Å². The van der Waals surface area contributed by atoms with Crippen molar-refractivity contribution in [2.24, 2.45) is 0 Å². The zero-order valence-corrected chi connectivity index (χ0v) is 15.2. The number of nitrogens with zero attached hydrogens (tertiary/aromatic N) is 2. The molecule has 0 aliphatic heterocycles. The van der Waals surface area contributed by atoms with Crippen molar-refractivity contribution in [3.8, 4) is 28.5 Å². The van der Waals surface area contributed by atoms with Crippen LogP contribution in [0.25, 0.3) is 22.4 Å². The van der Waals surface area contributed by atoms with Crippen molar-refractivity contribution in [2.45, 2.75) is 11.6 Å². The Morgan fingerprint density at radius 2 is 1.89 bits per heavy atom. The van der Waals surface area contributed by atoms with E-state index in [9.17, 15) is 14.9 Å². The number of carboxylic acid groups (broad SMARTS) is 1. The molecule has 0 saturated carbocycles. The first-order valence-electron chi connectivity index (χ1n) is 8.01. The molecule has 7 heteroatoms. The molecule has 3 aromatic rings. The second kappa shape index (κ2) is 7.89. The third-order valence-corrected chi connectivity index (χ3v) is 4.56. The number of hydrogen-bond acceptors (Lipinski definition) is 5. The summed E-state index contributed by atoms with van der Waals surface area (Å²) in [6, 6.07) is 16.6. The summed E-state index contributed by atoms with van der Waals surface area (Å²) in [5, 5.41) is 18.7. The zero-order valence-electron chi connectivity index (χ0n) is 14.4. The fourth-order valence-corrected chi connectivity index (χ4v) is 3.10. The Kier molecular flexibility index (Phi) is 5.38. The Hall–Kier alpha value is -3.37. The van der Waals surface area contributed by atoms with Gasteiger partial charge in [-0.3, -0.25) is 9.59 Å². The number of thioether (sulfide) groups is 1. The van der Waals surface area contributed by atoms with Gasteiger partial charge in [0, 0.05) is 5.56 Å². The van der Waals surface area contributed by atoms with Crippen LogP contribution in [0.1, 0.15) is 11.1 Å². The van der Waals surface area contributed by atoms with Gasteiger partial charge in [-0.15, -0.1) is 0 Å². The Balaban J connectivity index is 2.00. The number of carbonyl (C=O) groups is 1. The summed E-state index contributed by atoms with van der Waals surface area (Å²) in [5.74, 6) is -0.878. The molecular weight excluding hydrogens is 362 g/mol. The third kappa shape index (κ3) is 4.07. The van der Waals surface area contributed by atoms with Gasteiger partial charge in [-0.05, 0) is 22.9 Å². The van der Waals surface area contributed by atoms with Crippen molar-refractivity contribution in [3.05, 3.63) is 70.0 Å². The van der Waals surface area contributed by atoms with Gasteiger partial charge in [-0.1, -0.05) is 60.3 Å². The molecule has 2 aromatic carbocycles. The highest BCUT2D eigenvalue weighted by Gasteiger charge is 2.13. The minimum atomic E-state index is -0.878. The average Bonchev–Trinajstić information content (AvgIpc) is 2.67. The molecule has 0 saturated heterocycles. The highest BCUT2D eigenvalue weighted by molar-refractivity contribution is 7.98. The van der Waals surface area contributed by atoms with Gasteiger partial charge in [-0.25, -0.2) is 4.98 Å². The fourth-order valence-electron chi connectivity index (χ4n) is 2.72. The number of aromatic amines is 1. The minimum Gasteiger partial charge on any atom is -0.481 e. The third-order valence-electron chi connectivity index (χ3n) is 3.98. The molecule has 0 bridgehead atoms. The summed E-state index contributed by atoms with van der Waals surface area (Å²) < 4.78 is 0. The van der Waals surface area contributed by atoms with Crippen LogP contribution < -0.4 is 5.56 Å². The van der Waals surface area contributed by atoms with Crippen LogP contribution in [-0.4, -0.2) is 27.3 Å². The Bertz CT molecular complexity index is 1100. The molecule has 0 aliphatic rings. The van der Waals surface area contributed by atoms with E-state index >= 15 is 0 Å². The van der Waals surface area contributed by atoms with Crippen LogP contribution in [-0.2, 0) is 11.2 Å². The molecule has 27 heavy (non-hydrogen) atoms. The molecule has 1 heterocycles. The number of rotatable bonds is 5. The second-order valence-corrected chi connectivity index (χ2v) is 6.55.